The van der Waals surface area contributed by atoms with Crippen molar-refractivity contribution in [2.24, 2.45) is 0 Å². The highest BCUT2D eigenvalue weighted by Gasteiger charge is 2.13. The van der Waals surface area contributed by atoms with Gasteiger partial charge in [0.15, 0.2) is 0 Å². The molecule has 0 aromatic rings. The van der Waals surface area contributed by atoms with Crippen molar-refractivity contribution in [2.45, 2.75) is 12.5 Å². The molecule has 1 rings (SSSR count). The highest BCUT2D eigenvalue weighted by Crippen LogP contribution is 2.01. The molecule has 1 fully saturated rings. The van der Waals surface area contributed by atoms with E-state index in [-0.39, 0.29) is 19.0 Å². The number of aliphatic hydroxyl groups is 1. The summed E-state index contributed by atoms with van der Waals surface area (Å²) in [5.41, 5.74) is 0. The van der Waals surface area contributed by atoms with E-state index < -0.39 is 0 Å². The van der Waals surface area contributed by atoms with E-state index >= 15 is 0 Å². The van der Waals surface area contributed by atoms with E-state index in [4.69, 9.17) is 9.84 Å². The van der Waals surface area contributed by atoms with Gasteiger partial charge in [-0.1, -0.05) is 0 Å². The normalized spacial score (nSPS) is 24.3. The van der Waals surface area contributed by atoms with E-state index in [9.17, 15) is 0 Å². The van der Waals surface area contributed by atoms with Gasteiger partial charge >= 0.3 is 0 Å². The number of hydrogen-bond acceptors (Lipinski definition) is 3. The van der Waals surface area contributed by atoms with Gasteiger partial charge in [-0.05, 0) is 13.0 Å². The van der Waals surface area contributed by atoms with E-state index in [0.717, 1.165) is 19.5 Å². The van der Waals surface area contributed by atoms with Crippen LogP contribution in [0.2, 0.25) is 0 Å². The van der Waals surface area contributed by atoms with Gasteiger partial charge in [0, 0.05) is 6.54 Å². The molecule has 3 nitrogen and oxygen atoms in total. The summed E-state index contributed by atoms with van der Waals surface area (Å²) in [5, 5.41) is 11.6. The highest BCUT2D eigenvalue weighted by atomic mass is 35.5. The molecule has 0 aliphatic carbocycles. The summed E-state index contributed by atoms with van der Waals surface area (Å²) >= 11 is 0. The first-order valence-electron chi connectivity index (χ1n) is 3.36. The smallest absolute Gasteiger partial charge is 0.0712 e. The van der Waals surface area contributed by atoms with E-state index in [2.05, 4.69) is 5.32 Å². The first-order chi connectivity index (χ1) is 4.43. The monoisotopic (exact) mass is 167 g/mol. The Bertz CT molecular complexity index is 76.1. The fourth-order valence-corrected chi connectivity index (χ4v) is 0.990. The Kier molecular flexibility index (Phi) is 6.02. The van der Waals surface area contributed by atoms with E-state index in [1.165, 1.54) is 0 Å². The fourth-order valence-electron chi connectivity index (χ4n) is 0.990. The molecule has 1 atom stereocenters. The Hall–Kier alpha value is 0.170. The Morgan fingerprint density at radius 3 is 2.90 bits per heavy atom. The predicted molar refractivity (Wildman–Crippen MR) is 41.6 cm³/mol. The van der Waals surface area contributed by atoms with Crippen LogP contribution in [0.5, 0.6) is 0 Å². The van der Waals surface area contributed by atoms with Crippen LogP contribution in [-0.2, 0) is 4.74 Å². The van der Waals surface area contributed by atoms with Crippen molar-refractivity contribution in [3.8, 4) is 0 Å². The lowest BCUT2D eigenvalue weighted by Gasteiger charge is -2.07. The molecule has 4 heteroatoms. The summed E-state index contributed by atoms with van der Waals surface area (Å²) in [6, 6.07) is 0. The predicted octanol–water partition coefficient (Wildman–Crippen LogP) is -0.221. The first-order valence-corrected chi connectivity index (χ1v) is 3.36. The molecule has 0 aromatic carbocycles. The number of nitrogens with one attached hydrogen (secondary N) is 1. The molecule has 0 bridgehead atoms. The van der Waals surface area contributed by atoms with E-state index in [1.54, 1.807) is 0 Å². The maximum atomic E-state index is 8.38. The average Bonchev–Trinajstić information content (AvgIpc) is 2.34. The summed E-state index contributed by atoms with van der Waals surface area (Å²) in [4.78, 5) is 0. The second-order valence-electron chi connectivity index (χ2n) is 2.21. The molecule has 1 heterocycles. The van der Waals surface area contributed by atoms with Crippen LogP contribution in [0, 0.1) is 0 Å². The van der Waals surface area contributed by atoms with Crippen LogP contribution in [0.15, 0.2) is 0 Å². The van der Waals surface area contributed by atoms with Crippen molar-refractivity contribution in [2.75, 3.05) is 26.3 Å². The van der Waals surface area contributed by atoms with Gasteiger partial charge in [-0.15, -0.1) is 12.4 Å². The molecule has 0 saturated carbocycles. The topological polar surface area (TPSA) is 41.5 Å². The van der Waals surface area contributed by atoms with Gasteiger partial charge in [0.25, 0.3) is 0 Å². The molecule has 1 saturated heterocycles. The van der Waals surface area contributed by atoms with Crippen molar-refractivity contribution < 1.29 is 9.84 Å². The minimum atomic E-state index is 0. The zero-order valence-electron chi connectivity index (χ0n) is 5.88. The second kappa shape index (κ2) is 5.92. The van der Waals surface area contributed by atoms with Crippen LogP contribution < -0.4 is 5.32 Å². The summed E-state index contributed by atoms with van der Waals surface area (Å²) in [5.74, 6) is 0. The Balaban J connectivity index is 0.000000810. The molecule has 0 aromatic heterocycles. The average molecular weight is 168 g/mol. The second-order valence-corrected chi connectivity index (χ2v) is 2.21. The Labute approximate surface area is 67.2 Å². The van der Waals surface area contributed by atoms with Crippen LogP contribution in [0.1, 0.15) is 6.42 Å². The summed E-state index contributed by atoms with van der Waals surface area (Å²) < 4.78 is 5.24. The van der Waals surface area contributed by atoms with Gasteiger partial charge in [0.05, 0.1) is 19.3 Å². The maximum absolute atomic E-state index is 8.38. The number of aliphatic hydroxyl groups excluding tert-OH is 1. The lowest BCUT2D eigenvalue weighted by molar-refractivity contribution is 0.0402. The quantitative estimate of drug-likeness (QED) is 0.611. The minimum Gasteiger partial charge on any atom is -0.394 e. The number of rotatable bonds is 3. The van der Waals surface area contributed by atoms with Gasteiger partial charge in [-0.2, -0.15) is 0 Å². The molecular weight excluding hydrogens is 154 g/mol. The summed E-state index contributed by atoms with van der Waals surface area (Å²) in [6.07, 6.45) is 1.43. The summed E-state index contributed by atoms with van der Waals surface area (Å²) in [7, 11) is 0. The van der Waals surface area contributed by atoms with Crippen LogP contribution in [0.4, 0.5) is 0 Å². The molecule has 2 N–H and O–H groups in total. The summed E-state index contributed by atoms with van der Waals surface area (Å²) in [6.45, 7) is 2.61. The first kappa shape index (κ1) is 10.2. The van der Waals surface area contributed by atoms with Crippen LogP contribution in [0.3, 0.4) is 0 Å². The standard InChI is InChI=1S/C6H13NO2.ClH/c8-3-4-9-6-1-2-7-5-6;/h6-8H,1-5H2;1H. The largest absolute Gasteiger partial charge is 0.394 e. The van der Waals surface area contributed by atoms with Gasteiger partial charge in [-0.25, -0.2) is 0 Å². The highest BCUT2D eigenvalue weighted by molar-refractivity contribution is 5.85. The molecule has 62 valence electrons. The molecule has 1 unspecified atom stereocenters. The Morgan fingerprint density at radius 2 is 2.40 bits per heavy atom. The zero-order valence-corrected chi connectivity index (χ0v) is 6.69. The molecule has 0 spiro atoms. The minimum absolute atomic E-state index is 0. The molecular formula is C6H14ClNO2. The number of hydrogen-bond donors (Lipinski definition) is 2. The van der Waals surface area contributed by atoms with Crippen molar-refractivity contribution >= 4 is 12.4 Å². The molecule has 0 amide bonds. The van der Waals surface area contributed by atoms with Crippen molar-refractivity contribution in [3.05, 3.63) is 0 Å². The number of ether oxygens (including phenoxy) is 1. The molecule has 0 radical (unpaired) electrons. The number of halogens is 1. The molecule has 10 heavy (non-hydrogen) atoms. The van der Waals surface area contributed by atoms with Crippen molar-refractivity contribution in [1.82, 2.24) is 5.32 Å². The van der Waals surface area contributed by atoms with Gasteiger partial charge in [0.2, 0.25) is 0 Å². The van der Waals surface area contributed by atoms with E-state index in [1.807, 2.05) is 0 Å². The zero-order chi connectivity index (χ0) is 6.53. The van der Waals surface area contributed by atoms with Crippen LogP contribution >= 0.6 is 12.4 Å². The van der Waals surface area contributed by atoms with Crippen molar-refractivity contribution in [3.63, 3.8) is 0 Å². The Morgan fingerprint density at radius 1 is 1.60 bits per heavy atom. The van der Waals surface area contributed by atoms with Gasteiger partial charge in [0.1, 0.15) is 0 Å². The van der Waals surface area contributed by atoms with Crippen molar-refractivity contribution in [1.29, 1.82) is 0 Å². The molecule has 1 aliphatic rings. The third kappa shape index (κ3) is 3.37. The lowest BCUT2D eigenvalue weighted by atomic mass is 10.3. The van der Waals surface area contributed by atoms with Crippen LogP contribution in [-0.4, -0.2) is 37.5 Å². The fraction of sp³-hybridized carbons (Fsp3) is 1.00. The van der Waals surface area contributed by atoms with Crippen LogP contribution in [0.25, 0.3) is 0 Å². The van der Waals surface area contributed by atoms with Gasteiger partial charge in [-0.3, -0.25) is 0 Å². The molecule has 1 aliphatic heterocycles. The third-order valence-electron chi connectivity index (χ3n) is 1.46. The SMILES string of the molecule is Cl.OCCOC1CCNC1. The third-order valence-corrected chi connectivity index (χ3v) is 1.46. The lowest BCUT2D eigenvalue weighted by Crippen LogP contribution is -2.18. The maximum Gasteiger partial charge on any atom is 0.0712 e. The van der Waals surface area contributed by atoms with Gasteiger partial charge < -0.3 is 15.2 Å². The van der Waals surface area contributed by atoms with E-state index in [0.29, 0.717) is 12.7 Å².